The van der Waals surface area contributed by atoms with E-state index in [0.29, 0.717) is 25.8 Å². The van der Waals surface area contributed by atoms with Crippen molar-refractivity contribution in [3.05, 3.63) is 83.4 Å². The molecule has 2 aromatic rings. The summed E-state index contributed by atoms with van der Waals surface area (Å²) in [4.78, 5) is 56.3. The number of carbonyl (C=O) groups excluding carboxylic acids is 4. The number of amides is 4. The fourth-order valence-corrected chi connectivity index (χ4v) is 5.39. The Morgan fingerprint density at radius 1 is 0.949 bits per heavy atom. The molecule has 0 aromatic heterocycles. The number of rotatable bonds is 11. The third-order valence-electron chi connectivity index (χ3n) is 7.71. The lowest BCUT2D eigenvalue weighted by atomic mass is 9.85. The van der Waals surface area contributed by atoms with Crippen LogP contribution in [0, 0.1) is 24.7 Å². The van der Waals surface area contributed by atoms with Crippen molar-refractivity contribution in [3.63, 3.8) is 0 Å². The average molecular weight is 530 g/mol. The molecule has 0 radical (unpaired) electrons. The first-order valence-electron chi connectivity index (χ1n) is 13.9. The van der Waals surface area contributed by atoms with Crippen LogP contribution in [0.4, 0.5) is 0 Å². The van der Waals surface area contributed by atoms with Crippen molar-refractivity contribution in [1.82, 2.24) is 15.1 Å². The van der Waals surface area contributed by atoms with Crippen molar-refractivity contribution >= 4 is 23.6 Å². The van der Waals surface area contributed by atoms with Crippen LogP contribution in [-0.2, 0) is 32.1 Å². The van der Waals surface area contributed by atoms with E-state index in [4.69, 9.17) is 0 Å². The zero-order valence-corrected chi connectivity index (χ0v) is 23.1. The van der Waals surface area contributed by atoms with Gasteiger partial charge in [-0.3, -0.25) is 24.1 Å². The number of nitrogens with zero attached hydrogens (tertiary/aromatic N) is 2. The van der Waals surface area contributed by atoms with Gasteiger partial charge in [0.2, 0.25) is 23.6 Å². The minimum Gasteiger partial charge on any atom is -0.354 e. The first kappa shape index (κ1) is 28.3. The molecule has 1 aliphatic heterocycles. The molecule has 4 amide bonds. The highest BCUT2D eigenvalue weighted by atomic mass is 16.2. The highest BCUT2D eigenvalue weighted by Crippen LogP contribution is 2.35. The summed E-state index contributed by atoms with van der Waals surface area (Å²) >= 11 is 0. The van der Waals surface area contributed by atoms with Gasteiger partial charge in [0, 0.05) is 32.5 Å². The topological polar surface area (TPSA) is 86.8 Å². The van der Waals surface area contributed by atoms with E-state index in [0.717, 1.165) is 16.7 Å². The number of imide groups is 1. The molecule has 7 nitrogen and oxygen atoms in total. The number of hydrogen-bond acceptors (Lipinski definition) is 4. The quantitative estimate of drug-likeness (QED) is 0.352. The number of aryl methyl sites for hydroxylation is 1. The molecule has 39 heavy (non-hydrogen) atoms. The summed E-state index contributed by atoms with van der Waals surface area (Å²) < 4.78 is 0. The van der Waals surface area contributed by atoms with Gasteiger partial charge in [-0.05, 0) is 42.4 Å². The maximum atomic E-state index is 13.9. The standard InChI is InChI=1S/C32H39N3O4/c1-22(2)20-33-30(37)28(19-24-12-5-4-6-13-24)35(21-25-14-8-7-11-23(25)3)29(36)17-18-34-31(38)26-15-9-10-16-27(26)32(34)39/h4-14,22,26-28H,15-21H2,1-3H3,(H,33,37)/t26-,27+,28-/m1/s1. The fraction of sp³-hybridized carbons (Fsp3) is 0.438. The van der Waals surface area contributed by atoms with Crippen LogP contribution < -0.4 is 5.32 Å². The summed E-state index contributed by atoms with van der Waals surface area (Å²) in [6.45, 7) is 6.83. The molecule has 7 heteroatoms. The van der Waals surface area contributed by atoms with Gasteiger partial charge in [-0.2, -0.15) is 0 Å². The van der Waals surface area contributed by atoms with Crippen molar-refractivity contribution in [2.45, 2.75) is 59.0 Å². The number of hydrogen-bond donors (Lipinski definition) is 1. The van der Waals surface area contributed by atoms with Crippen LogP contribution >= 0.6 is 0 Å². The van der Waals surface area contributed by atoms with E-state index >= 15 is 0 Å². The molecule has 206 valence electrons. The first-order valence-corrected chi connectivity index (χ1v) is 13.9. The third kappa shape index (κ3) is 6.83. The van der Waals surface area contributed by atoms with Gasteiger partial charge < -0.3 is 10.2 Å². The average Bonchev–Trinajstić information content (AvgIpc) is 3.18. The number of likely N-dealkylation sites (tertiary alicyclic amines) is 1. The van der Waals surface area contributed by atoms with E-state index in [-0.39, 0.29) is 60.9 Å². The monoisotopic (exact) mass is 529 g/mol. The van der Waals surface area contributed by atoms with Gasteiger partial charge in [0.05, 0.1) is 11.8 Å². The smallest absolute Gasteiger partial charge is 0.243 e. The molecule has 0 spiro atoms. The van der Waals surface area contributed by atoms with Gasteiger partial charge in [-0.15, -0.1) is 0 Å². The second-order valence-electron chi connectivity index (χ2n) is 11.0. The van der Waals surface area contributed by atoms with Gasteiger partial charge in [-0.25, -0.2) is 0 Å². The van der Waals surface area contributed by atoms with Gasteiger partial charge >= 0.3 is 0 Å². The molecular formula is C32H39N3O4. The Labute approximate surface area is 231 Å². The Kier molecular flexibility index (Phi) is 9.33. The van der Waals surface area contributed by atoms with Gasteiger partial charge in [0.25, 0.3) is 0 Å². The Bertz CT molecular complexity index is 1200. The predicted molar refractivity (Wildman–Crippen MR) is 150 cm³/mol. The van der Waals surface area contributed by atoms with Crippen LogP contribution in [0.25, 0.3) is 0 Å². The zero-order chi connectivity index (χ0) is 27.9. The Balaban J connectivity index is 1.59. The molecular weight excluding hydrogens is 490 g/mol. The number of nitrogens with one attached hydrogen (secondary N) is 1. The molecule has 1 heterocycles. The zero-order valence-electron chi connectivity index (χ0n) is 23.1. The minimum absolute atomic E-state index is 0.0272. The molecule has 2 aliphatic rings. The van der Waals surface area contributed by atoms with Crippen LogP contribution in [0.5, 0.6) is 0 Å². The van der Waals surface area contributed by atoms with E-state index in [2.05, 4.69) is 5.32 Å². The van der Waals surface area contributed by atoms with Crippen LogP contribution in [0.15, 0.2) is 66.7 Å². The maximum Gasteiger partial charge on any atom is 0.243 e. The van der Waals surface area contributed by atoms with E-state index in [1.165, 1.54) is 4.90 Å². The molecule has 1 fully saturated rings. The van der Waals surface area contributed by atoms with Gasteiger partial charge in [-0.1, -0.05) is 80.6 Å². The Morgan fingerprint density at radius 3 is 2.18 bits per heavy atom. The van der Waals surface area contributed by atoms with E-state index in [9.17, 15) is 19.2 Å². The molecule has 0 saturated carbocycles. The van der Waals surface area contributed by atoms with Crippen molar-refractivity contribution < 1.29 is 19.2 Å². The fourth-order valence-electron chi connectivity index (χ4n) is 5.39. The largest absolute Gasteiger partial charge is 0.354 e. The van der Waals surface area contributed by atoms with Gasteiger partial charge in [0.15, 0.2) is 0 Å². The summed E-state index contributed by atoms with van der Waals surface area (Å²) in [6, 6.07) is 16.8. The maximum absolute atomic E-state index is 13.9. The number of carbonyl (C=O) groups is 4. The second kappa shape index (κ2) is 12.9. The van der Waals surface area contributed by atoms with Crippen LogP contribution in [0.2, 0.25) is 0 Å². The lowest BCUT2D eigenvalue weighted by Gasteiger charge is -2.32. The van der Waals surface area contributed by atoms with E-state index in [1.54, 1.807) is 4.90 Å². The summed E-state index contributed by atoms with van der Waals surface area (Å²) in [5, 5.41) is 3.02. The molecule has 0 bridgehead atoms. The Morgan fingerprint density at radius 2 is 1.56 bits per heavy atom. The molecule has 1 N–H and O–H groups in total. The molecule has 4 rings (SSSR count). The predicted octanol–water partition coefficient (Wildman–Crippen LogP) is 4.05. The minimum atomic E-state index is -0.741. The lowest BCUT2D eigenvalue weighted by Crippen LogP contribution is -2.51. The van der Waals surface area contributed by atoms with Crippen LogP contribution in [0.1, 0.15) is 49.8 Å². The van der Waals surface area contributed by atoms with Crippen molar-refractivity contribution in [2.24, 2.45) is 17.8 Å². The number of benzene rings is 2. The van der Waals surface area contributed by atoms with Crippen LogP contribution in [0.3, 0.4) is 0 Å². The summed E-state index contributed by atoms with van der Waals surface area (Å²) in [5.41, 5.74) is 2.93. The molecule has 2 aromatic carbocycles. The SMILES string of the molecule is Cc1ccccc1CN(C(=O)CCN1C(=O)[C@H]2CC=CC[C@H]2C1=O)[C@H](Cc1ccccc1)C(=O)NCC(C)C. The molecule has 3 atom stereocenters. The van der Waals surface area contributed by atoms with Crippen molar-refractivity contribution in [3.8, 4) is 0 Å². The second-order valence-corrected chi connectivity index (χ2v) is 11.0. The molecule has 0 unspecified atom stereocenters. The highest BCUT2D eigenvalue weighted by molar-refractivity contribution is 6.05. The van der Waals surface area contributed by atoms with Crippen molar-refractivity contribution in [2.75, 3.05) is 13.1 Å². The molecule has 1 saturated heterocycles. The first-order chi connectivity index (χ1) is 18.8. The van der Waals surface area contributed by atoms with E-state index < -0.39 is 6.04 Å². The van der Waals surface area contributed by atoms with E-state index in [1.807, 2.05) is 87.5 Å². The molecule has 1 aliphatic carbocycles. The number of allylic oxidation sites excluding steroid dienone is 2. The number of fused-ring (bicyclic) bond motifs is 1. The third-order valence-corrected chi connectivity index (χ3v) is 7.71. The summed E-state index contributed by atoms with van der Waals surface area (Å²) in [5.74, 6) is -1.24. The summed E-state index contributed by atoms with van der Waals surface area (Å²) in [6.07, 6.45) is 5.37. The Hall–Kier alpha value is -3.74. The van der Waals surface area contributed by atoms with Gasteiger partial charge in [0.1, 0.15) is 6.04 Å². The highest BCUT2D eigenvalue weighted by Gasteiger charge is 2.47. The normalized spacial score (nSPS) is 19.2. The van der Waals surface area contributed by atoms with Crippen LogP contribution in [-0.4, -0.2) is 52.6 Å². The summed E-state index contributed by atoms with van der Waals surface area (Å²) in [7, 11) is 0. The lowest BCUT2D eigenvalue weighted by molar-refractivity contribution is -0.144. The van der Waals surface area contributed by atoms with Crippen molar-refractivity contribution in [1.29, 1.82) is 0 Å².